The average Bonchev–Trinajstić information content (AvgIpc) is 2.72. The van der Waals surface area contributed by atoms with Crippen molar-refractivity contribution < 1.29 is 9.21 Å². The Bertz CT molecular complexity index is 534. The van der Waals surface area contributed by atoms with Crippen molar-refractivity contribution in [3.8, 4) is 0 Å². The molecular weight excluding hydrogens is 282 g/mol. The number of carbonyl (C=O) groups excluding carboxylic acids is 1. The molecule has 0 aliphatic heterocycles. The number of nitrogens with one attached hydrogen (secondary N) is 1. The Morgan fingerprint density at radius 1 is 1.41 bits per heavy atom. The van der Waals surface area contributed by atoms with Crippen molar-refractivity contribution in [2.45, 2.75) is 13.5 Å². The van der Waals surface area contributed by atoms with Crippen molar-refractivity contribution >= 4 is 21.8 Å². The molecule has 3 nitrogen and oxygen atoms in total. The van der Waals surface area contributed by atoms with Crippen LogP contribution in [0.1, 0.15) is 21.5 Å². The molecule has 2 rings (SSSR count). The van der Waals surface area contributed by atoms with E-state index < -0.39 is 0 Å². The van der Waals surface area contributed by atoms with Crippen molar-refractivity contribution in [2.75, 3.05) is 0 Å². The van der Waals surface area contributed by atoms with Gasteiger partial charge in [0.25, 0.3) is 5.91 Å². The van der Waals surface area contributed by atoms with Gasteiger partial charge in [-0.05, 0) is 34.5 Å². The molecule has 0 aliphatic carbocycles. The second-order valence-corrected chi connectivity index (χ2v) is 4.50. The van der Waals surface area contributed by atoms with Crippen LogP contribution in [0, 0.1) is 6.92 Å². The molecule has 0 saturated carbocycles. The molecule has 1 heterocycles. The Hall–Kier alpha value is -1.55. The maximum atomic E-state index is 11.8. The van der Waals surface area contributed by atoms with Crippen LogP contribution in [0.25, 0.3) is 0 Å². The minimum absolute atomic E-state index is 0.146. The third-order valence-corrected chi connectivity index (χ3v) is 3.01. The van der Waals surface area contributed by atoms with Crippen molar-refractivity contribution in [3.05, 3.63) is 58.0 Å². The van der Waals surface area contributed by atoms with Gasteiger partial charge in [0, 0.05) is 6.54 Å². The highest BCUT2D eigenvalue weighted by Gasteiger charge is 2.11. The zero-order chi connectivity index (χ0) is 12.3. The van der Waals surface area contributed by atoms with Gasteiger partial charge < -0.3 is 9.73 Å². The maximum Gasteiger partial charge on any atom is 0.256 e. The summed E-state index contributed by atoms with van der Waals surface area (Å²) in [7, 11) is 0. The summed E-state index contributed by atoms with van der Waals surface area (Å²) in [6.45, 7) is 2.54. The molecule has 0 radical (unpaired) electrons. The molecule has 0 fully saturated rings. The van der Waals surface area contributed by atoms with E-state index in [9.17, 15) is 4.79 Å². The average molecular weight is 294 g/mol. The topological polar surface area (TPSA) is 42.2 Å². The lowest BCUT2D eigenvalue weighted by molar-refractivity contribution is 0.0949. The van der Waals surface area contributed by atoms with Gasteiger partial charge >= 0.3 is 0 Å². The lowest BCUT2D eigenvalue weighted by atomic mass is 10.1. The third-order valence-electron chi connectivity index (χ3n) is 2.40. The Morgan fingerprint density at radius 3 is 2.88 bits per heavy atom. The summed E-state index contributed by atoms with van der Waals surface area (Å²) >= 11 is 3.18. The van der Waals surface area contributed by atoms with Gasteiger partial charge in [-0.25, -0.2) is 0 Å². The molecule has 0 atom stereocenters. The van der Waals surface area contributed by atoms with Crippen LogP contribution in [0.2, 0.25) is 0 Å². The second kappa shape index (κ2) is 5.19. The van der Waals surface area contributed by atoms with Gasteiger partial charge in [-0.2, -0.15) is 0 Å². The number of halogens is 1. The van der Waals surface area contributed by atoms with Gasteiger partial charge in [0.15, 0.2) is 4.67 Å². The fourth-order valence-corrected chi connectivity index (χ4v) is 1.98. The Labute approximate surface area is 108 Å². The quantitative estimate of drug-likeness (QED) is 0.944. The van der Waals surface area contributed by atoms with Crippen molar-refractivity contribution in [1.82, 2.24) is 5.32 Å². The van der Waals surface area contributed by atoms with Gasteiger partial charge in [0.2, 0.25) is 0 Å². The fourth-order valence-electron chi connectivity index (χ4n) is 1.56. The monoisotopic (exact) mass is 293 g/mol. The van der Waals surface area contributed by atoms with Crippen molar-refractivity contribution in [2.24, 2.45) is 0 Å². The van der Waals surface area contributed by atoms with E-state index in [1.54, 1.807) is 6.07 Å². The van der Waals surface area contributed by atoms with E-state index in [0.29, 0.717) is 16.8 Å². The molecular formula is C13H12BrNO2. The highest BCUT2D eigenvalue weighted by Crippen LogP contribution is 2.17. The maximum absolute atomic E-state index is 11.8. The summed E-state index contributed by atoms with van der Waals surface area (Å²) in [5.74, 6) is -0.146. The minimum atomic E-state index is -0.146. The molecule has 88 valence electrons. The Balaban J connectivity index is 1.99. The normalized spacial score (nSPS) is 10.2. The lowest BCUT2D eigenvalue weighted by Gasteiger charge is -2.04. The van der Waals surface area contributed by atoms with E-state index in [0.717, 1.165) is 5.56 Å². The number of aryl methyl sites for hydroxylation is 1. The smallest absolute Gasteiger partial charge is 0.256 e. The van der Waals surface area contributed by atoms with E-state index in [1.165, 1.54) is 11.8 Å². The first-order valence-electron chi connectivity index (χ1n) is 5.23. The van der Waals surface area contributed by atoms with Crippen LogP contribution in [-0.4, -0.2) is 5.91 Å². The Kier molecular flexibility index (Phi) is 3.64. The first kappa shape index (κ1) is 11.9. The molecule has 4 heteroatoms. The first-order chi connectivity index (χ1) is 8.16. The number of hydrogen-bond acceptors (Lipinski definition) is 2. The molecule has 0 spiro atoms. The SMILES string of the molecule is Cc1cccc(CNC(=O)c2ccoc2Br)c1. The minimum Gasteiger partial charge on any atom is -0.457 e. The van der Waals surface area contributed by atoms with E-state index >= 15 is 0 Å². The van der Waals surface area contributed by atoms with Crippen molar-refractivity contribution in [3.63, 3.8) is 0 Å². The first-order valence-corrected chi connectivity index (χ1v) is 6.03. The summed E-state index contributed by atoms with van der Waals surface area (Å²) in [5, 5.41) is 2.84. The van der Waals surface area contributed by atoms with Gasteiger partial charge in [-0.15, -0.1) is 0 Å². The molecule has 0 aliphatic rings. The Morgan fingerprint density at radius 2 is 2.24 bits per heavy atom. The predicted molar refractivity (Wildman–Crippen MR) is 68.8 cm³/mol. The van der Waals surface area contributed by atoms with E-state index in [-0.39, 0.29) is 5.91 Å². The van der Waals surface area contributed by atoms with Gasteiger partial charge in [0.05, 0.1) is 11.8 Å². The second-order valence-electron chi connectivity index (χ2n) is 3.78. The number of amides is 1. The molecule has 2 aromatic rings. The molecule has 1 N–H and O–H groups in total. The zero-order valence-corrected chi connectivity index (χ0v) is 11.0. The fraction of sp³-hybridized carbons (Fsp3) is 0.154. The number of carbonyl (C=O) groups is 1. The van der Waals surface area contributed by atoms with Gasteiger partial charge in [-0.1, -0.05) is 29.8 Å². The lowest BCUT2D eigenvalue weighted by Crippen LogP contribution is -2.22. The van der Waals surface area contributed by atoms with Gasteiger partial charge in [-0.3, -0.25) is 4.79 Å². The zero-order valence-electron chi connectivity index (χ0n) is 9.37. The summed E-state index contributed by atoms with van der Waals surface area (Å²) < 4.78 is 5.47. The van der Waals surface area contributed by atoms with Crippen LogP contribution in [0.3, 0.4) is 0 Å². The van der Waals surface area contributed by atoms with E-state index in [1.807, 2.05) is 31.2 Å². The molecule has 0 unspecified atom stereocenters. The molecule has 1 aromatic carbocycles. The summed E-state index contributed by atoms with van der Waals surface area (Å²) in [5.41, 5.74) is 2.77. The van der Waals surface area contributed by atoms with Crippen LogP contribution in [0.15, 0.2) is 45.7 Å². The third kappa shape index (κ3) is 2.97. The largest absolute Gasteiger partial charge is 0.457 e. The highest BCUT2D eigenvalue weighted by atomic mass is 79.9. The number of rotatable bonds is 3. The number of hydrogen-bond donors (Lipinski definition) is 1. The number of benzene rings is 1. The standard InChI is InChI=1S/C13H12BrNO2/c1-9-3-2-4-10(7-9)8-15-13(16)11-5-6-17-12(11)14/h2-7H,8H2,1H3,(H,15,16). The summed E-state index contributed by atoms with van der Waals surface area (Å²) in [6.07, 6.45) is 1.48. The van der Waals surface area contributed by atoms with Crippen LogP contribution in [0.5, 0.6) is 0 Å². The van der Waals surface area contributed by atoms with Gasteiger partial charge in [0.1, 0.15) is 0 Å². The van der Waals surface area contributed by atoms with Crippen molar-refractivity contribution in [1.29, 1.82) is 0 Å². The summed E-state index contributed by atoms with van der Waals surface area (Å²) in [6, 6.07) is 9.67. The molecule has 1 amide bonds. The van der Waals surface area contributed by atoms with Crippen LogP contribution in [-0.2, 0) is 6.54 Å². The predicted octanol–water partition coefficient (Wildman–Crippen LogP) is 3.28. The molecule has 0 bridgehead atoms. The van der Waals surface area contributed by atoms with Crippen LogP contribution < -0.4 is 5.32 Å². The summed E-state index contributed by atoms with van der Waals surface area (Å²) in [4.78, 5) is 11.8. The molecule has 17 heavy (non-hydrogen) atoms. The molecule has 0 saturated heterocycles. The van der Waals surface area contributed by atoms with Crippen LogP contribution >= 0.6 is 15.9 Å². The number of furan rings is 1. The van der Waals surface area contributed by atoms with E-state index in [2.05, 4.69) is 21.2 Å². The van der Waals surface area contributed by atoms with Crippen LogP contribution in [0.4, 0.5) is 0 Å². The molecule has 1 aromatic heterocycles. The van der Waals surface area contributed by atoms with E-state index in [4.69, 9.17) is 4.42 Å². The highest BCUT2D eigenvalue weighted by molar-refractivity contribution is 9.10.